The van der Waals surface area contributed by atoms with Crippen LogP contribution >= 0.6 is 0 Å². The van der Waals surface area contributed by atoms with Crippen LogP contribution in [-0.4, -0.2) is 47.9 Å². The molecule has 11 heteroatoms. The van der Waals surface area contributed by atoms with Gasteiger partial charge in [0.15, 0.2) is 5.82 Å². The summed E-state index contributed by atoms with van der Waals surface area (Å²) in [6, 6.07) is 7.41. The zero-order valence-corrected chi connectivity index (χ0v) is 22.3. The maximum Gasteiger partial charge on any atom is 0.252 e. The van der Waals surface area contributed by atoms with Crippen LogP contribution in [0.1, 0.15) is 68.7 Å². The fraction of sp³-hybridized carbons (Fsp3) is 0.393. The molecular weight excluding hydrogens is 502 g/mol. The van der Waals surface area contributed by atoms with Crippen molar-refractivity contribution in [2.45, 2.75) is 57.8 Å². The minimum Gasteiger partial charge on any atom is -0.359 e. The van der Waals surface area contributed by atoms with E-state index in [0.717, 1.165) is 29.8 Å². The number of hydrogen-bond donors (Lipinski definition) is 1. The molecule has 3 aromatic heterocycles. The molecule has 0 bridgehead atoms. The summed E-state index contributed by atoms with van der Waals surface area (Å²) in [5.74, 6) is -0.371. The zero-order valence-electron chi connectivity index (χ0n) is 22.3. The molecule has 1 amide bonds. The zero-order chi connectivity index (χ0) is 27.7. The van der Waals surface area contributed by atoms with Gasteiger partial charge < -0.3 is 5.32 Å². The highest BCUT2D eigenvalue weighted by molar-refractivity contribution is 5.75. The van der Waals surface area contributed by atoms with E-state index >= 15 is 0 Å². The minimum atomic E-state index is -0.675. The first-order chi connectivity index (χ1) is 18.7. The van der Waals surface area contributed by atoms with E-state index in [2.05, 4.69) is 51.4 Å². The van der Waals surface area contributed by atoms with Crippen molar-refractivity contribution in [1.29, 1.82) is 0 Å². The Kier molecular flexibility index (Phi) is 7.16. The molecule has 2 atom stereocenters. The number of halogens is 2. The third kappa shape index (κ3) is 4.77. The van der Waals surface area contributed by atoms with Gasteiger partial charge in [0.2, 0.25) is 5.91 Å². The molecule has 1 aromatic carbocycles. The van der Waals surface area contributed by atoms with Crippen LogP contribution in [0.15, 0.2) is 42.9 Å². The topological polar surface area (TPSA) is 111 Å². The molecular formula is C28H30F2N8O. The van der Waals surface area contributed by atoms with Crippen LogP contribution in [0.4, 0.5) is 8.78 Å². The van der Waals surface area contributed by atoms with Crippen molar-refractivity contribution in [3.8, 4) is 17.2 Å². The van der Waals surface area contributed by atoms with Crippen LogP contribution < -0.4 is 5.32 Å². The van der Waals surface area contributed by atoms with Gasteiger partial charge in [-0.1, -0.05) is 26.8 Å². The number of carbonyl (C=O) groups is 1. The molecule has 0 fully saturated rings. The molecule has 0 aliphatic heterocycles. The van der Waals surface area contributed by atoms with Crippen LogP contribution in [0.5, 0.6) is 0 Å². The maximum atomic E-state index is 14.6. The predicted molar refractivity (Wildman–Crippen MR) is 140 cm³/mol. The van der Waals surface area contributed by atoms with Gasteiger partial charge in [-0.3, -0.25) is 4.79 Å². The first-order valence-corrected chi connectivity index (χ1v) is 13.0. The Hall–Kier alpha value is -4.15. The molecule has 1 N–H and O–H groups in total. The van der Waals surface area contributed by atoms with E-state index in [4.69, 9.17) is 4.98 Å². The highest BCUT2D eigenvalue weighted by atomic mass is 19.1. The smallest absolute Gasteiger partial charge is 0.252 e. The Morgan fingerprint density at radius 1 is 1.18 bits per heavy atom. The number of rotatable bonds is 7. The van der Waals surface area contributed by atoms with Crippen molar-refractivity contribution < 1.29 is 13.6 Å². The molecule has 5 rings (SSSR count). The predicted octanol–water partition coefficient (Wildman–Crippen LogP) is 4.31. The maximum absolute atomic E-state index is 14.6. The van der Waals surface area contributed by atoms with E-state index in [-0.39, 0.29) is 35.4 Å². The van der Waals surface area contributed by atoms with E-state index in [0.29, 0.717) is 18.2 Å². The molecule has 39 heavy (non-hydrogen) atoms. The van der Waals surface area contributed by atoms with Gasteiger partial charge in [-0.15, -0.1) is 10.2 Å². The lowest BCUT2D eigenvalue weighted by atomic mass is 9.62. The standard InChI is InChI=1S/C28H30F2N8O/c1-16(2)28(22-11-13-32-27(34-22)38-15-33-23(37-38)8-9-24(39)31-4)12-10-17(3)18-14-21(35-36-26(18)28)25-19(29)6-5-7-20(25)30/h5-7,11,13-17H,8-10,12H2,1-4H3,(H,31,39)/t17-,28-/m0/s1. The van der Waals surface area contributed by atoms with E-state index in [1.54, 1.807) is 19.3 Å². The van der Waals surface area contributed by atoms with E-state index < -0.39 is 17.0 Å². The lowest BCUT2D eigenvalue weighted by Crippen LogP contribution is -2.40. The quantitative estimate of drug-likeness (QED) is 0.378. The van der Waals surface area contributed by atoms with Crippen LogP contribution in [-0.2, 0) is 16.6 Å². The largest absolute Gasteiger partial charge is 0.359 e. The SMILES string of the molecule is CNC(=O)CCc1ncn(-c2nccc([C@@]3(C(C)C)CC[C@H](C)c4cc(-c5c(F)cccc5F)nnc43)n2)n1. The monoisotopic (exact) mass is 532 g/mol. The summed E-state index contributed by atoms with van der Waals surface area (Å²) in [7, 11) is 1.59. The Balaban J connectivity index is 1.56. The number of aromatic nitrogens is 7. The van der Waals surface area contributed by atoms with Gasteiger partial charge in [-0.2, -0.15) is 9.78 Å². The molecule has 3 heterocycles. The molecule has 0 spiro atoms. The van der Waals surface area contributed by atoms with Crippen LogP contribution in [0.2, 0.25) is 0 Å². The first-order valence-electron chi connectivity index (χ1n) is 13.0. The van der Waals surface area contributed by atoms with Crippen LogP contribution in [0.25, 0.3) is 17.2 Å². The van der Waals surface area contributed by atoms with Crippen molar-refractivity contribution in [3.05, 3.63) is 77.3 Å². The highest BCUT2D eigenvalue weighted by Gasteiger charge is 2.46. The van der Waals surface area contributed by atoms with Gasteiger partial charge in [0.1, 0.15) is 18.0 Å². The van der Waals surface area contributed by atoms with Crippen LogP contribution in [0.3, 0.4) is 0 Å². The molecule has 0 unspecified atom stereocenters. The van der Waals surface area contributed by atoms with Gasteiger partial charge in [0.25, 0.3) is 5.95 Å². The lowest BCUT2D eigenvalue weighted by molar-refractivity contribution is -0.120. The summed E-state index contributed by atoms with van der Waals surface area (Å²) in [4.78, 5) is 25.2. The molecule has 1 aliphatic rings. The number of carbonyl (C=O) groups excluding carboxylic acids is 1. The van der Waals surface area contributed by atoms with Crippen molar-refractivity contribution in [3.63, 3.8) is 0 Å². The average Bonchev–Trinajstić information content (AvgIpc) is 3.41. The second-order valence-electron chi connectivity index (χ2n) is 10.2. The Bertz CT molecular complexity index is 1500. The number of benzene rings is 1. The first kappa shape index (κ1) is 26.5. The summed E-state index contributed by atoms with van der Waals surface area (Å²) < 4.78 is 30.6. The molecule has 202 valence electrons. The fourth-order valence-corrected chi connectivity index (χ4v) is 5.38. The van der Waals surface area contributed by atoms with Crippen molar-refractivity contribution in [2.24, 2.45) is 5.92 Å². The number of amides is 1. The summed E-state index contributed by atoms with van der Waals surface area (Å²) in [5.41, 5.74) is 1.82. The number of aryl methyl sites for hydroxylation is 1. The summed E-state index contributed by atoms with van der Waals surface area (Å²) in [5, 5.41) is 16.0. The third-order valence-corrected chi connectivity index (χ3v) is 7.65. The van der Waals surface area contributed by atoms with Gasteiger partial charge >= 0.3 is 0 Å². The van der Waals surface area contributed by atoms with Gasteiger partial charge in [0, 0.05) is 26.1 Å². The van der Waals surface area contributed by atoms with Gasteiger partial charge in [0.05, 0.1) is 28.1 Å². The van der Waals surface area contributed by atoms with E-state index in [1.807, 2.05) is 6.07 Å². The minimum absolute atomic E-state index is 0.0794. The molecule has 4 aromatic rings. The third-order valence-electron chi connectivity index (χ3n) is 7.65. The Morgan fingerprint density at radius 2 is 1.95 bits per heavy atom. The summed E-state index contributed by atoms with van der Waals surface area (Å²) in [6.45, 7) is 6.31. The normalized spacial score (nSPS) is 18.7. The van der Waals surface area contributed by atoms with Gasteiger partial charge in [-0.05, 0) is 54.5 Å². The molecule has 0 saturated heterocycles. The van der Waals surface area contributed by atoms with Crippen molar-refractivity contribution in [2.75, 3.05) is 7.05 Å². The van der Waals surface area contributed by atoms with Gasteiger partial charge in [-0.25, -0.2) is 23.7 Å². The number of nitrogens with one attached hydrogen (secondary N) is 1. The second kappa shape index (κ2) is 10.5. The molecule has 1 aliphatic carbocycles. The summed E-state index contributed by atoms with van der Waals surface area (Å²) in [6.07, 6.45) is 5.50. The Labute approximate surface area is 225 Å². The molecule has 0 saturated carbocycles. The number of fused-ring (bicyclic) bond motifs is 1. The van der Waals surface area contributed by atoms with Crippen molar-refractivity contribution >= 4 is 5.91 Å². The Morgan fingerprint density at radius 3 is 2.67 bits per heavy atom. The fourth-order valence-electron chi connectivity index (χ4n) is 5.38. The van der Waals surface area contributed by atoms with Crippen molar-refractivity contribution in [1.82, 2.24) is 40.2 Å². The average molecular weight is 533 g/mol. The summed E-state index contributed by atoms with van der Waals surface area (Å²) >= 11 is 0. The number of hydrogen-bond acceptors (Lipinski definition) is 7. The van der Waals surface area contributed by atoms with E-state index in [9.17, 15) is 13.6 Å². The molecule has 9 nitrogen and oxygen atoms in total. The highest BCUT2D eigenvalue weighted by Crippen LogP contribution is 2.50. The van der Waals surface area contributed by atoms with Crippen LogP contribution in [0, 0.1) is 17.6 Å². The van der Waals surface area contributed by atoms with E-state index in [1.165, 1.54) is 29.2 Å². The molecule has 0 radical (unpaired) electrons. The number of nitrogens with zero attached hydrogens (tertiary/aromatic N) is 7. The lowest BCUT2D eigenvalue weighted by Gasteiger charge is -2.42. The second-order valence-corrected chi connectivity index (χ2v) is 10.2.